The first-order valence-electron chi connectivity index (χ1n) is 14.4. The molecule has 0 saturated carbocycles. The van der Waals surface area contributed by atoms with Crippen molar-refractivity contribution < 1.29 is 9.59 Å². The Labute approximate surface area is 244 Å². The molecule has 0 unspecified atom stereocenters. The first-order valence-corrected chi connectivity index (χ1v) is 14.4. The van der Waals surface area contributed by atoms with Gasteiger partial charge in [0.15, 0.2) is 5.78 Å². The minimum atomic E-state index is -0.501. The fourth-order valence-electron chi connectivity index (χ4n) is 6.79. The van der Waals surface area contributed by atoms with E-state index >= 15 is 0 Å². The third-order valence-corrected chi connectivity index (χ3v) is 8.77. The van der Waals surface area contributed by atoms with Gasteiger partial charge in [0.05, 0.1) is 0 Å². The maximum Gasteiger partial charge on any atom is 0.255 e. The van der Waals surface area contributed by atoms with E-state index in [0.29, 0.717) is 29.8 Å². The Morgan fingerprint density at radius 1 is 0.881 bits per heavy atom. The molecular formula is C36H32N4O2. The molecule has 208 valence electrons. The molecule has 3 aromatic carbocycles. The number of nitrogens with one attached hydrogen (secondary N) is 2. The topological polar surface area (TPSA) is 76.0 Å². The van der Waals surface area contributed by atoms with Gasteiger partial charge in [0, 0.05) is 69.9 Å². The second-order valence-corrected chi connectivity index (χ2v) is 11.5. The number of carbonyl (C=O) groups is 2. The average molecular weight is 553 g/mol. The summed E-state index contributed by atoms with van der Waals surface area (Å²) in [5.41, 5.74) is 8.24. The van der Waals surface area contributed by atoms with Gasteiger partial charge in [-0.15, -0.1) is 0 Å². The van der Waals surface area contributed by atoms with Crippen LogP contribution in [0.25, 0.3) is 21.8 Å². The number of allylic oxidation sites excluding steroid dienone is 3. The van der Waals surface area contributed by atoms with E-state index < -0.39 is 5.92 Å². The average Bonchev–Trinajstić information content (AvgIpc) is 3.28. The molecule has 6 heteroatoms. The Morgan fingerprint density at radius 3 is 2.45 bits per heavy atom. The van der Waals surface area contributed by atoms with Crippen molar-refractivity contribution in [1.82, 2.24) is 14.9 Å². The zero-order chi connectivity index (χ0) is 29.0. The monoisotopic (exact) mass is 552 g/mol. The summed E-state index contributed by atoms with van der Waals surface area (Å²) in [5.74, 6) is -0.107. The number of para-hydroxylation sites is 1. The van der Waals surface area contributed by atoms with Crippen molar-refractivity contribution in [3.8, 4) is 0 Å². The van der Waals surface area contributed by atoms with Crippen LogP contribution in [0.5, 0.6) is 0 Å². The number of anilines is 1. The van der Waals surface area contributed by atoms with Crippen LogP contribution in [0, 0.1) is 6.92 Å². The number of pyridine rings is 1. The summed E-state index contributed by atoms with van der Waals surface area (Å²) < 4.78 is 2.19. The molecule has 1 aliphatic heterocycles. The summed E-state index contributed by atoms with van der Waals surface area (Å²) in [7, 11) is 2.07. The van der Waals surface area contributed by atoms with Crippen molar-refractivity contribution in [1.29, 1.82) is 0 Å². The van der Waals surface area contributed by atoms with Crippen LogP contribution >= 0.6 is 0 Å². The molecule has 1 amide bonds. The highest BCUT2D eigenvalue weighted by molar-refractivity contribution is 6.11. The number of fused-ring (bicyclic) bond motifs is 3. The largest absolute Gasteiger partial charge is 0.362 e. The van der Waals surface area contributed by atoms with Crippen molar-refractivity contribution in [3.63, 3.8) is 0 Å². The number of hydrogen-bond donors (Lipinski definition) is 2. The van der Waals surface area contributed by atoms with E-state index in [2.05, 4.69) is 69.7 Å². The molecule has 0 fully saturated rings. The zero-order valence-corrected chi connectivity index (χ0v) is 23.9. The summed E-state index contributed by atoms with van der Waals surface area (Å²) in [4.78, 5) is 32.5. The molecule has 5 aromatic rings. The molecule has 3 heterocycles. The Bertz CT molecular complexity index is 1960. The van der Waals surface area contributed by atoms with E-state index in [4.69, 9.17) is 0 Å². The SMILES string of the molecule is CC1=C(C(=O)Nc2cc(C)ccn2)[C@@H](c2ccc3c(c2)c2ccccc2n3C)C2=C(C[C@@H](c3ccccc3)CC2=O)N1. The molecule has 7 rings (SSSR count). The Hall–Kier alpha value is -4.97. The summed E-state index contributed by atoms with van der Waals surface area (Å²) in [6.45, 7) is 3.90. The first-order chi connectivity index (χ1) is 20.4. The predicted octanol–water partition coefficient (Wildman–Crippen LogP) is 7.04. The molecule has 0 bridgehead atoms. The fraction of sp³-hybridized carbons (Fsp3) is 0.194. The van der Waals surface area contributed by atoms with Crippen LogP contribution in [0.2, 0.25) is 0 Å². The van der Waals surface area contributed by atoms with Crippen molar-refractivity contribution in [3.05, 3.63) is 130 Å². The Kier molecular flexibility index (Phi) is 6.27. The van der Waals surface area contributed by atoms with Gasteiger partial charge < -0.3 is 15.2 Å². The van der Waals surface area contributed by atoms with Gasteiger partial charge in [0.25, 0.3) is 5.91 Å². The summed E-state index contributed by atoms with van der Waals surface area (Å²) in [6.07, 6.45) is 2.81. The lowest BCUT2D eigenvalue weighted by Crippen LogP contribution is -2.37. The second kappa shape index (κ2) is 10.1. The number of amides is 1. The van der Waals surface area contributed by atoms with Crippen LogP contribution in [0.3, 0.4) is 0 Å². The highest BCUT2D eigenvalue weighted by Gasteiger charge is 2.41. The summed E-state index contributed by atoms with van der Waals surface area (Å²) >= 11 is 0. The second-order valence-electron chi connectivity index (χ2n) is 11.5. The van der Waals surface area contributed by atoms with E-state index in [1.54, 1.807) is 6.20 Å². The zero-order valence-electron chi connectivity index (χ0n) is 23.9. The molecule has 0 spiro atoms. The quantitative estimate of drug-likeness (QED) is 0.251. The van der Waals surface area contributed by atoms with Crippen molar-refractivity contribution in [2.45, 2.75) is 38.5 Å². The molecule has 0 saturated heterocycles. The maximum absolute atomic E-state index is 14.1. The number of aromatic nitrogens is 2. The van der Waals surface area contributed by atoms with Crippen molar-refractivity contribution in [2.75, 3.05) is 5.32 Å². The van der Waals surface area contributed by atoms with Gasteiger partial charge in [0.1, 0.15) is 5.82 Å². The highest BCUT2D eigenvalue weighted by Crippen LogP contribution is 2.46. The summed E-state index contributed by atoms with van der Waals surface area (Å²) in [5, 5.41) is 8.77. The number of Topliss-reactive ketones (excluding diaryl/α,β-unsaturated/α-hetero) is 1. The standard InChI is InChI=1S/C36H32N4O2/c1-21-15-16-37-32(17-21)39-36(42)33-22(2)38-28-19-25(23-9-5-4-6-10-23)20-31(41)35(28)34(33)24-13-14-30-27(18-24)26-11-7-8-12-29(26)40(30)3/h4-18,25,34,38H,19-20H2,1-3H3,(H,37,39,42)/t25-,34-/m1/s1. The number of hydrogen-bond acceptors (Lipinski definition) is 4. The molecule has 2 aromatic heterocycles. The molecule has 2 atom stereocenters. The number of nitrogens with zero attached hydrogens (tertiary/aromatic N) is 2. The first kappa shape index (κ1) is 26.0. The molecular weight excluding hydrogens is 520 g/mol. The van der Waals surface area contributed by atoms with E-state index in [1.807, 2.05) is 56.3 Å². The van der Waals surface area contributed by atoms with Gasteiger partial charge in [-0.05, 0) is 73.2 Å². The van der Waals surface area contributed by atoms with Gasteiger partial charge >= 0.3 is 0 Å². The van der Waals surface area contributed by atoms with Crippen molar-refractivity contribution >= 4 is 39.3 Å². The lowest BCUT2D eigenvalue weighted by atomic mass is 9.71. The van der Waals surface area contributed by atoms with Gasteiger partial charge in [-0.3, -0.25) is 9.59 Å². The molecule has 0 radical (unpaired) electrons. The fourth-order valence-corrected chi connectivity index (χ4v) is 6.79. The van der Waals surface area contributed by atoms with Gasteiger partial charge in [0.2, 0.25) is 0 Å². The van der Waals surface area contributed by atoms with Crippen LogP contribution < -0.4 is 10.6 Å². The predicted molar refractivity (Wildman–Crippen MR) is 167 cm³/mol. The number of rotatable bonds is 4. The Morgan fingerprint density at radius 2 is 1.64 bits per heavy atom. The normalized spacial score (nSPS) is 18.8. The van der Waals surface area contributed by atoms with E-state index in [9.17, 15) is 9.59 Å². The number of aryl methyl sites for hydroxylation is 2. The minimum absolute atomic E-state index is 0.0760. The van der Waals surface area contributed by atoms with Crippen LogP contribution in [0.4, 0.5) is 5.82 Å². The third-order valence-electron chi connectivity index (χ3n) is 8.77. The molecule has 42 heavy (non-hydrogen) atoms. The number of carbonyl (C=O) groups excluding carboxylic acids is 2. The summed E-state index contributed by atoms with van der Waals surface area (Å²) in [6, 6.07) is 28.7. The van der Waals surface area contributed by atoms with Gasteiger partial charge in [-0.25, -0.2) is 4.98 Å². The van der Waals surface area contributed by atoms with E-state index in [-0.39, 0.29) is 17.6 Å². The van der Waals surface area contributed by atoms with Gasteiger partial charge in [-0.2, -0.15) is 0 Å². The van der Waals surface area contributed by atoms with E-state index in [0.717, 1.165) is 49.9 Å². The lowest BCUT2D eigenvalue weighted by Gasteiger charge is -2.37. The van der Waals surface area contributed by atoms with Crippen LogP contribution in [-0.4, -0.2) is 21.2 Å². The molecule has 2 N–H and O–H groups in total. The van der Waals surface area contributed by atoms with Crippen LogP contribution in [-0.2, 0) is 16.6 Å². The smallest absolute Gasteiger partial charge is 0.255 e. The molecule has 1 aliphatic carbocycles. The number of benzene rings is 3. The van der Waals surface area contributed by atoms with Crippen molar-refractivity contribution in [2.24, 2.45) is 7.05 Å². The maximum atomic E-state index is 14.1. The lowest BCUT2D eigenvalue weighted by molar-refractivity contribution is -0.116. The Balaban J connectivity index is 1.38. The third kappa shape index (κ3) is 4.31. The van der Waals surface area contributed by atoms with E-state index in [1.165, 1.54) is 0 Å². The number of dihydropyridines is 1. The molecule has 2 aliphatic rings. The minimum Gasteiger partial charge on any atom is -0.362 e. The molecule has 6 nitrogen and oxygen atoms in total. The van der Waals surface area contributed by atoms with Crippen LogP contribution in [0.1, 0.15) is 48.3 Å². The van der Waals surface area contributed by atoms with Crippen LogP contribution in [0.15, 0.2) is 114 Å². The highest BCUT2D eigenvalue weighted by atomic mass is 16.2. The van der Waals surface area contributed by atoms with Gasteiger partial charge in [-0.1, -0.05) is 54.6 Å². The number of ketones is 1.